The Bertz CT molecular complexity index is 721. The summed E-state index contributed by atoms with van der Waals surface area (Å²) in [5.74, 6) is 0.498. The molecule has 0 heterocycles. The lowest BCUT2D eigenvalue weighted by Gasteiger charge is -2.09. The Hall–Kier alpha value is -1.24. The molecule has 108 valence electrons. The molecule has 0 radical (unpaired) electrons. The van der Waals surface area contributed by atoms with Crippen molar-refractivity contribution in [2.75, 3.05) is 18.6 Å². The zero-order chi connectivity index (χ0) is 14.6. The van der Waals surface area contributed by atoms with E-state index in [-0.39, 0.29) is 4.90 Å². The van der Waals surface area contributed by atoms with Crippen molar-refractivity contribution in [3.8, 4) is 0 Å². The van der Waals surface area contributed by atoms with Gasteiger partial charge in [0.2, 0.25) is 10.0 Å². The van der Waals surface area contributed by atoms with Crippen LogP contribution in [0.3, 0.4) is 0 Å². The van der Waals surface area contributed by atoms with Crippen molar-refractivity contribution in [2.24, 2.45) is 0 Å². The van der Waals surface area contributed by atoms with Crippen molar-refractivity contribution in [2.45, 2.75) is 11.3 Å². The molecule has 1 atom stereocenters. The molecule has 0 fully saturated rings. The van der Waals surface area contributed by atoms with Crippen LogP contribution >= 0.6 is 0 Å². The van der Waals surface area contributed by atoms with E-state index in [0.29, 0.717) is 24.1 Å². The lowest BCUT2D eigenvalue weighted by atomic mass is 10.1. The molecule has 2 rings (SSSR count). The third-order valence-corrected chi connectivity index (χ3v) is 5.32. The van der Waals surface area contributed by atoms with E-state index in [1.165, 1.54) is 0 Å². The summed E-state index contributed by atoms with van der Waals surface area (Å²) in [5, 5.41) is 1.60. The van der Waals surface area contributed by atoms with Crippen LogP contribution in [-0.4, -0.2) is 31.2 Å². The molecular formula is C14H17NO3S2. The van der Waals surface area contributed by atoms with E-state index in [1.807, 2.05) is 24.3 Å². The van der Waals surface area contributed by atoms with E-state index >= 15 is 0 Å². The second kappa shape index (κ2) is 6.47. The molecule has 0 aliphatic carbocycles. The highest BCUT2D eigenvalue weighted by Gasteiger charge is 2.16. The fourth-order valence-corrected chi connectivity index (χ4v) is 3.84. The highest BCUT2D eigenvalue weighted by Crippen LogP contribution is 2.22. The first-order valence-corrected chi connectivity index (χ1v) is 9.49. The molecule has 0 aromatic heterocycles. The smallest absolute Gasteiger partial charge is 0.241 e. The van der Waals surface area contributed by atoms with Gasteiger partial charge < -0.3 is 0 Å². The van der Waals surface area contributed by atoms with Gasteiger partial charge in [0, 0.05) is 34.7 Å². The maximum Gasteiger partial charge on any atom is 0.241 e. The van der Waals surface area contributed by atoms with Crippen LogP contribution in [0.1, 0.15) is 6.42 Å². The molecule has 6 heteroatoms. The SMILES string of the molecule is CS(=O)CCCNS(=O)(=O)c1cccc2ccccc12. The van der Waals surface area contributed by atoms with Gasteiger partial charge in [0.1, 0.15) is 0 Å². The first kappa shape index (κ1) is 15.2. The standard InChI is InChI=1S/C14H17NO3S2/c1-19(16)11-5-10-15-20(17,18)14-9-4-7-12-6-2-3-8-13(12)14/h2-4,6-9,15H,5,10-11H2,1H3. The molecule has 0 spiro atoms. The highest BCUT2D eigenvalue weighted by atomic mass is 32.2. The third kappa shape index (κ3) is 3.65. The summed E-state index contributed by atoms with van der Waals surface area (Å²) in [6.07, 6.45) is 2.17. The van der Waals surface area contributed by atoms with Crippen molar-refractivity contribution >= 4 is 31.6 Å². The van der Waals surface area contributed by atoms with Crippen LogP contribution in [0, 0.1) is 0 Å². The van der Waals surface area contributed by atoms with Crippen LogP contribution in [0.4, 0.5) is 0 Å². The van der Waals surface area contributed by atoms with Crippen LogP contribution in [0.5, 0.6) is 0 Å². The van der Waals surface area contributed by atoms with E-state index < -0.39 is 20.8 Å². The topological polar surface area (TPSA) is 63.2 Å². The Morgan fingerprint density at radius 1 is 1.10 bits per heavy atom. The molecule has 2 aromatic carbocycles. The summed E-state index contributed by atoms with van der Waals surface area (Å²) in [6.45, 7) is 0.297. The van der Waals surface area contributed by atoms with E-state index in [1.54, 1.807) is 24.5 Å². The van der Waals surface area contributed by atoms with Gasteiger partial charge in [0.25, 0.3) is 0 Å². The molecule has 0 aliphatic rings. The summed E-state index contributed by atoms with van der Waals surface area (Å²) in [5.41, 5.74) is 0. The summed E-state index contributed by atoms with van der Waals surface area (Å²) in [4.78, 5) is 0.285. The Labute approximate surface area is 121 Å². The maximum atomic E-state index is 12.3. The summed E-state index contributed by atoms with van der Waals surface area (Å²) < 4.78 is 38.1. The Morgan fingerprint density at radius 2 is 1.80 bits per heavy atom. The van der Waals surface area contributed by atoms with E-state index in [9.17, 15) is 12.6 Å². The summed E-state index contributed by atoms with van der Waals surface area (Å²) in [6, 6.07) is 12.6. The summed E-state index contributed by atoms with van der Waals surface area (Å²) >= 11 is 0. The van der Waals surface area contributed by atoms with E-state index in [4.69, 9.17) is 0 Å². The molecule has 0 saturated carbocycles. The molecular weight excluding hydrogens is 294 g/mol. The summed E-state index contributed by atoms with van der Waals surface area (Å²) in [7, 11) is -4.43. The van der Waals surface area contributed by atoms with Gasteiger partial charge in [-0.05, 0) is 17.9 Å². The van der Waals surface area contributed by atoms with Crippen LogP contribution in [0.2, 0.25) is 0 Å². The fraction of sp³-hybridized carbons (Fsp3) is 0.286. The first-order valence-electron chi connectivity index (χ1n) is 6.28. The van der Waals surface area contributed by atoms with Crippen LogP contribution in [0.25, 0.3) is 10.8 Å². The van der Waals surface area contributed by atoms with E-state index in [2.05, 4.69) is 4.72 Å². The van der Waals surface area contributed by atoms with Gasteiger partial charge >= 0.3 is 0 Å². The second-order valence-electron chi connectivity index (χ2n) is 4.51. The molecule has 0 amide bonds. The van der Waals surface area contributed by atoms with Crippen molar-refractivity contribution in [1.29, 1.82) is 0 Å². The number of hydrogen-bond donors (Lipinski definition) is 1. The third-order valence-electron chi connectivity index (χ3n) is 2.94. The fourth-order valence-electron chi connectivity index (χ4n) is 1.99. The molecule has 0 aliphatic heterocycles. The number of rotatable bonds is 6. The maximum absolute atomic E-state index is 12.3. The molecule has 0 saturated heterocycles. The zero-order valence-corrected chi connectivity index (χ0v) is 12.8. The minimum atomic E-state index is -3.53. The average Bonchev–Trinajstić information content (AvgIpc) is 2.43. The number of nitrogens with one attached hydrogen (secondary N) is 1. The normalized spacial score (nSPS) is 13.4. The monoisotopic (exact) mass is 311 g/mol. The van der Waals surface area contributed by atoms with Gasteiger partial charge in [-0.3, -0.25) is 4.21 Å². The van der Waals surface area contributed by atoms with Crippen LogP contribution in [0.15, 0.2) is 47.4 Å². The number of benzene rings is 2. The predicted molar refractivity (Wildman–Crippen MR) is 82.7 cm³/mol. The molecule has 1 N–H and O–H groups in total. The first-order chi connectivity index (χ1) is 9.50. The number of fused-ring (bicyclic) bond motifs is 1. The van der Waals surface area contributed by atoms with Gasteiger partial charge in [0.05, 0.1) is 4.90 Å². The largest absolute Gasteiger partial charge is 0.260 e. The molecule has 1 unspecified atom stereocenters. The van der Waals surface area contributed by atoms with Crippen molar-refractivity contribution in [3.63, 3.8) is 0 Å². The predicted octanol–water partition coefficient (Wildman–Crippen LogP) is 1.89. The Kier molecular flexibility index (Phi) is 4.91. The number of hydrogen-bond acceptors (Lipinski definition) is 3. The van der Waals surface area contributed by atoms with Gasteiger partial charge in [-0.25, -0.2) is 13.1 Å². The minimum absolute atomic E-state index is 0.285. The molecule has 2 aromatic rings. The lowest BCUT2D eigenvalue weighted by molar-refractivity contribution is 0.581. The van der Waals surface area contributed by atoms with Crippen molar-refractivity contribution < 1.29 is 12.6 Å². The van der Waals surface area contributed by atoms with Crippen molar-refractivity contribution in [3.05, 3.63) is 42.5 Å². The zero-order valence-electron chi connectivity index (χ0n) is 11.2. The number of sulfonamides is 1. The van der Waals surface area contributed by atoms with Gasteiger partial charge in [-0.1, -0.05) is 36.4 Å². The minimum Gasteiger partial charge on any atom is -0.260 e. The second-order valence-corrected chi connectivity index (χ2v) is 7.80. The lowest BCUT2D eigenvalue weighted by Crippen LogP contribution is -2.25. The highest BCUT2D eigenvalue weighted by molar-refractivity contribution is 7.89. The quantitative estimate of drug-likeness (QED) is 0.829. The molecule has 0 bridgehead atoms. The Morgan fingerprint density at radius 3 is 2.55 bits per heavy atom. The van der Waals surface area contributed by atoms with Gasteiger partial charge in [-0.2, -0.15) is 0 Å². The van der Waals surface area contributed by atoms with Gasteiger partial charge in [0.15, 0.2) is 0 Å². The Balaban J connectivity index is 2.21. The van der Waals surface area contributed by atoms with Gasteiger partial charge in [-0.15, -0.1) is 0 Å². The van der Waals surface area contributed by atoms with Crippen LogP contribution in [-0.2, 0) is 20.8 Å². The molecule has 20 heavy (non-hydrogen) atoms. The van der Waals surface area contributed by atoms with Crippen molar-refractivity contribution in [1.82, 2.24) is 4.72 Å². The van der Waals surface area contributed by atoms with Crippen LogP contribution < -0.4 is 4.72 Å². The average molecular weight is 311 g/mol. The molecule has 4 nitrogen and oxygen atoms in total. The van der Waals surface area contributed by atoms with E-state index in [0.717, 1.165) is 5.39 Å².